The third kappa shape index (κ3) is 2.97. The Morgan fingerprint density at radius 3 is 3.04 bits per heavy atom. The Kier molecular flexibility index (Phi) is 3.80. The first-order chi connectivity index (χ1) is 11.3. The lowest BCUT2D eigenvalue weighted by Crippen LogP contribution is -2.02. The molecule has 0 bridgehead atoms. The molecule has 4 aromatic rings. The van der Waals surface area contributed by atoms with Crippen LogP contribution in [0.25, 0.3) is 21.6 Å². The van der Waals surface area contributed by atoms with Gasteiger partial charge in [0.25, 0.3) is 0 Å². The van der Waals surface area contributed by atoms with Gasteiger partial charge in [-0.15, -0.1) is 11.3 Å². The molecule has 0 aliphatic carbocycles. The Labute approximate surface area is 144 Å². The van der Waals surface area contributed by atoms with E-state index in [9.17, 15) is 0 Å². The molecule has 0 saturated heterocycles. The Balaban J connectivity index is 1.56. The van der Waals surface area contributed by atoms with Gasteiger partial charge < -0.3 is 5.32 Å². The summed E-state index contributed by atoms with van der Waals surface area (Å²) in [7, 11) is 0. The predicted octanol–water partition coefficient (Wildman–Crippen LogP) is 4.46. The number of aromatic amines is 1. The van der Waals surface area contributed by atoms with Gasteiger partial charge in [0.15, 0.2) is 5.82 Å². The van der Waals surface area contributed by atoms with Gasteiger partial charge in [-0.25, -0.2) is 4.98 Å². The lowest BCUT2D eigenvalue weighted by atomic mass is 10.2. The summed E-state index contributed by atoms with van der Waals surface area (Å²) in [5, 5.41) is 13.7. The number of H-pyrrole nitrogens is 1. The van der Waals surface area contributed by atoms with Gasteiger partial charge >= 0.3 is 0 Å². The molecule has 3 heterocycles. The van der Waals surface area contributed by atoms with Gasteiger partial charge in [-0.2, -0.15) is 5.10 Å². The zero-order valence-corrected chi connectivity index (χ0v) is 14.4. The average Bonchev–Trinajstić information content (AvgIpc) is 3.24. The second-order valence-corrected chi connectivity index (χ2v) is 6.82. The normalized spacial score (nSPS) is 11.0. The van der Waals surface area contributed by atoms with Crippen LogP contribution in [0.1, 0.15) is 5.82 Å². The van der Waals surface area contributed by atoms with E-state index in [0.717, 1.165) is 37.6 Å². The number of pyridine rings is 1. The second kappa shape index (κ2) is 6.10. The number of thiophene rings is 1. The number of hydrogen-bond donors (Lipinski definition) is 2. The van der Waals surface area contributed by atoms with E-state index in [1.807, 2.05) is 35.7 Å². The van der Waals surface area contributed by atoms with Crippen LogP contribution in [0.15, 0.2) is 52.4 Å². The number of anilines is 1. The topological polar surface area (TPSA) is 66.5 Å². The maximum absolute atomic E-state index is 4.52. The third-order valence-corrected chi connectivity index (χ3v) is 4.78. The molecule has 0 spiro atoms. The number of fused-ring (bicyclic) bond motifs is 1. The molecule has 0 atom stereocenters. The molecule has 0 aliphatic heterocycles. The van der Waals surface area contributed by atoms with Crippen molar-refractivity contribution in [2.45, 2.75) is 6.54 Å². The summed E-state index contributed by atoms with van der Waals surface area (Å²) in [4.78, 5) is 9.96. The lowest BCUT2D eigenvalue weighted by Gasteiger charge is -2.08. The van der Waals surface area contributed by atoms with Crippen LogP contribution in [0.4, 0.5) is 5.69 Å². The number of nitrogens with one attached hydrogen (secondary N) is 2. The minimum atomic E-state index is 0.573. The summed E-state index contributed by atoms with van der Waals surface area (Å²) >= 11 is 5.13. The van der Waals surface area contributed by atoms with Crippen molar-refractivity contribution in [2.75, 3.05) is 5.32 Å². The van der Waals surface area contributed by atoms with Crippen molar-refractivity contribution in [3.8, 4) is 10.7 Å². The molecule has 4 rings (SSSR count). The number of nitrogens with zero attached hydrogens (tertiary/aromatic N) is 3. The smallest absolute Gasteiger partial charge is 0.191 e. The SMILES string of the molecule is Brc1ccc2nccc(NCc3nc(-c4cccs4)n[nH]3)c2c1. The highest BCUT2D eigenvalue weighted by molar-refractivity contribution is 9.10. The van der Waals surface area contributed by atoms with Crippen molar-refractivity contribution in [3.05, 3.63) is 58.3 Å². The third-order valence-electron chi connectivity index (χ3n) is 3.42. The van der Waals surface area contributed by atoms with Gasteiger partial charge in [-0.05, 0) is 35.7 Å². The maximum atomic E-state index is 4.52. The highest BCUT2D eigenvalue weighted by atomic mass is 79.9. The first-order valence-electron chi connectivity index (χ1n) is 7.03. The van der Waals surface area contributed by atoms with Crippen molar-refractivity contribution in [1.29, 1.82) is 0 Å². The molecule has 0 aliphatic rings. The molecule has 0 fully saturated rings. The Morgan fingerprint density at radius 2 is 2.17 bits per heavy atom. The van der Waals surface area contributed by atoms with E-state index in [1.54, 1.807) is 17.5 Å². The van der Waals surface area contributed by atoms with E-state index in [4.69, 9.17) is 0 Å². The molecule has 1 aromatic carbocycles. The maximum Gasteiger partial charge on any atom is 0.191 e. The molecular formula is C16H12BrN5S. The summed E-state index contributed by atoms with van der Waals surface area (Å²) in [5.74, 6) is 1.53. The molecule has 7 heteroatoms. The molecule has 0 unspecified atom stereocenters. The fraction of sp³-hybridized carbons (Fsp3) is 0.0625. The van der Waals surface area contributed by atoms with E-state index in [1.165, 1.54) is 0 Å². The van der Waals surface area contributed by atoms with Gasteiger partial charge in [0.2, 0.25) is 0 Å². The molecular weight excluding hydrogens is 374 g/mol. The molecule has 0 radical (unpaired) electrons. The van der Waals surface area contributed by atoms with Gasteiger partial charge in [-0.3, -0.25) is 10.1 Å². The monoisotopic (exact) mass is 385 g/mol. The van der Waals surface area contributed by atoms with Crippen LogP contribution >= 0.6 is 27.3 Å². The zero-order valence-electron chi connectivity index (χ0n) is 12.0. The zero-order chi connectivity index (χ0) is 15.6. The van der Waals surface area contributed by atoms with Gasteiger partial charge in [-0.1, -0.05) is 22.0 Å². The largest absolute Gasteiger partial charge is 0.377 e. The summed E-state index contributed by atoms with van der Waals surface area (Å²) < 4.78 is 1.03. The van der Waals surface area contributed by atoms with Gasteiger partial charge in [0.1, 0.15) is 5.82 Å². The van der Waals surface area contributed by atoms with Crippen molar-refractivity contribution in [1.82, 2.24) is 20.2 Å². The molecule has 3 aromatic heterocycles. The Morgan fingerprint density at radius 1 is 1.22 bits per heavy atom. The number of halogens is 1. The number of hydrogen-bond acceptors (Lipinski definition) is 5. The second-order valence-electron chi connectivity index (χ2n) is 4.96. The summed E-state index contributed by atoms with van der Waals surface area (Å²) in [6.45, 7) is 0.573. The van der Waals surface area contributed by atoms with E-state index in [-0.39, 0.29) is 0 Å². The lowest BCUT2D eigenvalue weighted by molar-refractivity contribution is 0.956. The average molecular weight is 386 g/mol. The Hall–Kier alpha value is -2.25. The summed E-state index contributed by atoms with van der Waals surface area (Å²) in [6, 6.07) is 12.0. The summed E-state index contributed by atoms with van der Waals surface area (Å²) in [5.41, 5.74) is 1.97. The van der Waals surface area contributed by atoms with Gasteiger partial charge in [0, 0.05) is 21.7 Å². The minimum absolute atomic E-state index is 0.573. The molecule has 0 amide bonds. The predicted molar refractivity (Wildman–Crippen MR) is 96.5 cm³/mol. The standard InChI is InChI=1S/C16H12BrN5S/c17-10-3-4-12-11(8-10)13(5-6-18-12)19-9-15-20-16(22-21-15)14-2-1-7-23-14/h1-8H,9H2,(H,18,19)(H,20,21,22). The van der Waals surface area contributed by atoms with Crippen LogP contribution in [-0.4, -0.2) is 20.2 Å². The van der Waals surface area contributed by atoms with Crippen LogP contribution in [0.5, 0.6) is 0 Å². The van der Waals surface area contributed by atoms with Crippen LogP contribution in [0, 0.1) is 0 Å². The first kappa shape index (κ1) is 14.3. The first-order valence-corrected chi connectivity index (χ1v) is 8.70. The van der Waals surface area contributed by atoms with E-state index < -0.39 is 0 Å². The van der Waals surface area contributed by atoms with Crippen molar-refractivity contribution >= 4 is 43.9 Å². The minimum Gasteiger partial charge on any atom is -0.377 e. The van der Waals surface area contributed by atoms with E-state index >= 15 is 0 Å². The quantitative estimate of drug-likeness (QED) is 0.544. The number of aromatic nitrogens is 4. The molecule has 23 heavy (non-hydrogen) atoms. The van der Waals surface area contributed by atoms with Crippen LogP contribution in [0.3, 0.4) is 0 Å². The molecule has 2 N–H and O–H groups in total. The molecule has 0 saturated carbocycles. The summed E-state index contributed by atoms with van der Waals surface area (Å²) in [6.07, 6.45) is 1.80. The number of rotatable bonds is 4. The van der Waals surface area contributed by atoms with Crippen LogP contribution < -0.4 is 5.32 Å². The van der Waals surface area contributed by atoms with Crippen molar-refractivity contribution < 1.29 is 0 Å². The highest BCUT2D eigenvalue weighted by Gasteiger charge is 2.08. The van der Waals surface area contributed by atoms with Crippen molar-refractivity contribution in [3.63, 3.8) is 0 Å². The van der Waals surface area contributed by atoms with Crippen LogP contribution in [0.2, 0.25) is 0 Å². The fourth-order valence-corrected chi connectivity index (χ4v) is 3.36. The molecule has 5 nitrogen and oxygen atoms in total. The number of benzene rings is 1. The van der Waals surface area contributed by atoms with E-state index in [0.29, 0.717) is 6.54 Å². The Bertz CT molecular complexity index is 948. The molecule has 114 valence electrons. The van der Waals surface area contributed by atoms with Gasteiger partial charge in [0.05, 0.1) is 16.9 Å². The fourth-order valence-electron chi connectivity index (χ4n) is 2.34. The highest BCUT2D eigenvalue weighted by Crippen LogP contribution is 2.25. The van der Waals surface area contributed by atoms with E-state index in [2.05, 4.69) is 47.5 Å². The van der Waals surface area contributed by atoms with Crippen LogP contribution in [-0.2, 0) is 6.54 Å². The van der Waals surface area contributed by atoms with Crippen molar-refractivity contribution in [2.24, 2.45) is 0 Å².